The maximum atomic E-state index is 6.32. The summed E-state index contributed by atoms with van der Waals surface area (Å²) in [4.78, 5) is 6.38. The maximum absolute atomic E-state index is 6.32. The Morgan fingerprint density at radius 3 is 3.00 bits per heavy atom. The minimum atomic E-state index is 0.916. The van der Waals surface area contributed by atoms with E-state index in [-0.39, 0.29) is 0 Å². The van der Waals surface area contributed by atoms with Crippen molar-refractivity contribution in [1.82, 2.24) is 9.55 Å². The first kappa shape index (κ1) is 12.9. The fourth-order valence-electron chi connectivity index (χ4n) is 3.42. The molecular formula is C17H19N3S. The van der Waals surface area contributed by atoms with Crippen LogP contribution < -0.4 is 5.73 Å². The van der Waals surface area contributed by atoms with Crippen LogP contribution in [0.3, 0.4) is 0 Å². The van der Waals surface area contributed by atoms with E-state index < -0.39 is 0 Å². The van der Waals surface area contributed by atoms with Gasteiger partial charge in [-0.25, -0.2) is 4.98 Å². The average Bonchev–Trinajstić information content (AvgIpc) is 3.09. The van der Waals surface area contributed by atoms with Crippen molar-refractivity contribution in [2.24, 2.45) is 0 Å². The molecule has 108 valence electrons. The molecule has 0 saturated heterocycles. The smallest absolute Gasteiger partial charge is 0.144 e. The third-order valence-electron chi connectivity index (χ3n) is 4.39. The van der Waals surface area contributed by atoms with Crippen LogP contribution >= 0.6 is 11.3 Å². The predicted molar refractivity (Wildman–Crippen MR) is 89.9 cm³/mol. The third-order valence-corrected chi connectivity index (χ3v) is 5.51. The van der Waals surface area contributed by atoms with Gasteiger partial charge in [-0.15, -0.1) is 11.3 Å². The summed E-state index contributed by atoms with van der Waals surface area (Å²) in [6, 6.07) is 6.49. The maximum Gasteiger partial charge on any atom is 0.144 e. The van der Waals surface area contributed by atoms with Gasteiger partial charge in [-0.3, -0.25) is 0 Å². The molecule has 0 unspecified atom stereocenters. The van der Waals surface area contributed by atoms with Crippen LogP contribution in [-0.4, -0.2) is 9.55 Å². The number of benzene rings is 1. The SMILES string of the molecule is CCn1c(-c2c(N)sc3c2CCC3)nc2cc(C)ccc21. The largest absolute Gasteiger partial charge is 0.390 e. The number of nitrogens with two attached hydrogens (primary N) is 1. The topological polar surface area (TPSA) is 43.8 Å². The fourth-order valence-corrected chi connectivity index (χ4v) is 4.58. The molecule has 0 aliphatic heterocycles. The van der Waals surface area contributed by atoms with Gasteiger partial charge in [0, 0.05) is 11.4 Å². The zero-order valence-electron chi connectivity index (χ0n) is 12.4. The molecule has 4 rings (SSSR count). The van der Waals surface area contributed by atoms with E-state index in [4.69, 9.17) is 10.7 Å². The van der Waals surface area contributed by atoms with Crippen molar-refractivity contribution < 1.29 is 0 Å². The summed E-state index contributed by atoms with van der Waals surface area (Å²) < 4.78 is 2.30. The molecule has 0 saturated carbocycles. The number of thiophene rings is 1. The van der Waals surface area contributed by atoms with Crippen LogP contribution in [0.15, 0.2) is 18.2 Å². The van der Waals surface area contributed by atoms with Crippen molar-refractivity contribution in [3.8, 4) is 11.4 Å². The Morgan fingerprint density at radius 2 is 2.19 bits per heavy atom. The van der Waals surface area contributed by atoms with Gasteiger partial charge in [-0.2, -0.15) is 0 Å². The standard InChI is InChI=1S/C17H19N3S/c1-3-20-13-8-7-10(2)9-12(13)19-17(20)15-11-5-4-6-14(11)21-16(15)18/h7-9H,3-6,18H2,1-2H3. The van der Waals surface area contributed by atoms with E-state index in [0.29, 0.717) is 0 Å². The van der Waals surface area contributed by atoms with E-state index in [0.717, 1.165) is 29.3 Å². The number of aromatic nitrogens is 2. The number of aryl methyl sites for hydroxylation is 3. The highest BCUT2D eigenvalue weighted by Crippen LogP contribution is 2.43. The Hall–Kier alpha value is -1.81. The number of nitrogens with zero attached hydrogens (tertiary/aromatic N) is 2. The molecule has 2 N–H and O–H groups in total. The van der Waals surface area contributed by atoms with Crippen LogP contribution in [0.25, 0.3) is 22.4 Å². The summed E-state index contributed by atoms with van der Waals surface area (Å²) in [5.41, 5.74) is 12.5. The van der Waals surface area contributed by atoms with Gasteiger partial charge in [-0.05, 0) is 56.4 Å². The van der Waals surface area contributed by atoms with Gasteiger partial charge < -0.3 is 10.3 Å². The molecule has 3 nitrogen and oxygen atoms in total. The summed E-state index contributed by atoms with van der Waals surface area (Å²) in [5, 5.41) is 0.932. The Balaban J connectivity index is 2.02. The van der Waals surface area contributed by atoms with Gasteiger partial charge in [0.2, 0.25) is 0 Å². The van der Waals surface area contributed by atoms with Gasteiger partial charge >= 0.3 is 0 Å². The number of fused-ring (bicyclic) bond motifs is 2. The summed E-state index contributed by atoms with van der Waals surface area (Å²) >= 11 is 1.76. The zero-order chi connectivity index (χ0) is 14.6. The van der Waals surface area contributed by atoms with Crippen molar-refractivity contribution in [3.05, 3.63) is 34.2 Å². The van der Waals surface area contributed by atoms with Gasteiger partial charge in [0.25, 0.3) is 0 Å². The molecule has 2 aromatic heterocycles. The lowest BCUT2D eigenvalue weighted by Crippen LogP contribution is -2.00. The van der Waals surface area contributed by atoms with Gasteiger partial charge in [0.15, 0.2) is 0 Å². The Bertz CT molecular complexity index is 841. The third kappa shape index (κ3) is 1.82. The molecule has 0 bridgehead atoms. The van der Waals surface area contributed by atoms with Crippen molar-refractivity contribution >= 4 is 27.4 Å². The normalized spacial score (nSPS) is 14.0. The molecule has 0 fully saturated rings. The number of rotatable bonds is 2. The average molecular weight is 297 g/mol. The van der Waals surface area contributed by atoms with Crippen LogP contribution in [0, 0.1) is 6.92 Å². The van der Waals surface area contributed by atoms with Gasteiger partial charge in [-0.1, -0.05) is 6.07 Å². The molecule has 21 heavy (non-hydrogen) atoms. The van der Waals surface area contributed by atoms with E-state index in [1.807, 2.05) is 0 Å². The van der Waals surface area contributed by atoms with Crippen LogP contribution in [0.1, 0.15) is 29.3 Å². The number of imidazole rings is 1. The lowest BCUT2D eigenvalue weighted by Gasteiger charge is -2.07. The van der Waals surface area contributed by atoms with Crippen LogP contribution in [0.2, 0.25) is 0 Å². The first-order chi connectivity index (χ1) is 10.2. The molecule has 1 aromatic carbocycles. The summed E-state index contributed by atoms with van der Waals surface area (Å²) in [5.74, 6) is 1.05. The van der Waals surface area contributed by atoms with Crippen LogP contribution in [0.4, 0.5) is 5.00 Å². The van der Waals surface area contributed by atoms with E-state index in [1.54, 1.807) is 11.3 Å². The quantitative estimate of drug-likeness (QED) is 0.771. The molecule has 0 radical (unpaired) electrons. The van der Waals surface area contributed by atoms with Gasteiger partial charge in [0.05, 0.1) is 21.6 Å². The first-order valence-electron chi connectivity index (χ1n) is 7.56. The molecule has 1 aliphatic rings. The molecule has 1 aliphatic carbocycles. The highest BCUT2D eigenvalue weighted by atomic mass is 32.1. The highest BCUT2D eigenvalue weighted by molar-refractivity contribution is 7.16. The molecule has 0 amide bonds. The zero-order valence-corrected chi connectivity index (χ0v) is 13.3. The van der Waals surface area contributed by atoms with E-state index in [1.165, 1.54) is 39.9 Å². The minimum Gasteiger partial charge on any atom is -0.390 e. The van der Waals surface area contributed by atoms with Gasteiger partial charge in [0.1, 0.15) is 5.82 Å². The minimum absolute atomic E-state index is 0.916. The van der Waals surface area contributed by atoms with Crippen LogP contribution in [-0.2, 0) is 19.4 Å². The lowest BCUT2D eigenvalue weighted by molar-refractivity contribution is 0.795. The van der Waals surface area contributed by atoms with Crippen molar-refractivity contribution in [2.75, 3.05) is 5.73 Å². The fraction of sp³-hybridized carbons (Fsp3) is 0.353. The Morgan fingerprint density at radius 1 is 1.33 bits per heavy atom. The molecule has 3 aromatic rings. The van der Waals surface area contributed by atoms with E-state index in [2.05, 4.69) is 36.6 Å². The van der Waals surface area contributed by atoms with E-state index in [9.17, 15) is 0 Å². The predicted octanol–water partition coefficient (Wildman–Crippen LogP) is 4.16. The van der Waals surface area contributed by atoms with Crippen LogP contribution in [0.5, 0.6) is 0 Å². The summed E-state index contributed by atoms with van der Waals surface area (Å²) in [7, 11) is 0. The summed E-state index contributed by atoms with van der Waals surface area (Å²) in [6.07, 6.45) is 3.57. The lowest BCUT2D eigenvalue weighted by atomic mass is 10.1. The van der Waals surface area contributed by atoms with Crippen molar-refractivity contribution in [2.45, 2.75) is 39.7 Å². The number of hydrogen-bond acceptors (Lipinski definition) is 3. The Kier molecular flexibility index (Phi) is 2.82. The van der Waals surface area contributed by atoms with Crippen molar-refractivity contribution in [3.63, 3.8) is 0 Å². The second kappa shape index (κ2) is 4.60. The van der Waals surface area contributed by atoms with Crippen molar-refractivity contribution in [1.29, 1.82) is 0 Å². The molecule has 0 spiro atoms. The molecule has 2 heterocycles. The Labute approximate surface area is 128 Å². The summed E-state index contributed by atoms with van der Waals surface area (Å²) in [6.45, 7) is 5.20. The number of anilines is 1. The highest BCUT2D eigenvalue weighted by Gasteiger charge is 2.25. The number of hydrogen-bond donors (Lipinski definition) is 1. The molecule has 4 heteroatoms. The number of nitrogen functional groups attached to an aromatic ring is 1. The van der Waals surface area contributed by atoms with E-state index >= 15 is 0 Å². The monoisotopic (exact) mass is 297 g/mol. The second-order valence-electron chi connectivity index (χ2n) is 5.77. The first-order valence-corrected chi connectivity index (χ1v) is 8.38. The molecule has 0 atom stereocenters. The molecular weight excluding hydrogens is 278 g/mol. The second-order valence-corrected chi connectivity index (χ2v) is 6.91.